The van der Waals surface area contributed by atoms with Gasteiger partial charge in [-0.05, 0) is 30.7 Å². The van der Waals surface area contributed by atoms with E-state index in [0.717, 1.165) is 0 Å². The number of nitrogens with two attached hydrogens (primary N) is 1. The zero-order valence-electron chi connectivity index (χ0n) is 13.8. The molecule has 0 spiro atoms. The van der Waals surface area contributed by atoms with Gasteiger partial charge in [-0.15, -0.1) is 0 Å². The van der Waals surface area contributed by atoms with Gasteiger partial charge in [0.1, 0.15) is 23.0 Å². The normalized spacial score (nSPS) is 12.5. The van der Waals surface area contributed by atoms with Crippen molar-refractivity contribution in [3.8, 4) is 11.5 Å². The van der Waals surface area contributed by atoms with Crippen molar-refractivity contribution in [2.75, 3.05) is 11.9 Å². The fourth-order valence-electron chi connectivity index (χ4n) is 2.23. The molecule has 2 aromatic carbocycles. The molecule has 0 aliphatic rings. The minimum absolute atomic E-state index is 0.141. The Kier molecular flexibility index (Phi) is 6.83. The third kappa shape index (κ3) is 5.90. The zero-order valence-corrected chi connectivity index (χ0v) is 14.6. The molecule has 8 nitrogen and oxygen atoms in total. The van der Waals surface area contributed by atoms with Gasteiger partial charge < -0.3 is 25.4 Å². The Morgan fingerprint density at radius 3 is 2.46 bits per heavy atom. The average Bonchev–Trinajstić information content (AvgIpc) is 2.59. The second-order valence-electron chi connectivity index (χ2n) is 5.53. The fourth-order valence-corrected chi connectivity index (χ4v) is 2.82. The highest BCUT2D eigenvalue weighted by Gasteiger charge is 2.19. The molecule has 2 rings (SSSR count). The largest absolute Gasteiger partial charge is 0.454 e. The van der Waals surface area contributed by atoms with Gasteiger partial charge in [-0.25, -0.2) is 9.35 Å². The minimum Gasteiger partial charge on any atom is -0.454 e. The highest BCUT2D eigenvalue weighted by Crippen LogP contribution is 2.36. The van der Waals surface area contributed by atoms with Crippen LogP contribution in [0.4, 0.5) is 5.69 Å². The van der Waals surface area contributed by atoms with E-state index in [9.17, 15) is 9.00 Å². The molecule has 140 valence electrons. The lowest BCUT2D eigenvalue weighted by Crippen LogP contribution is -2.27. The molecule has 6 N–H and O–H groups in total. The summed E-state index contributed by atoms with van der Waals surface area (Å²) in [6.45, 7) is 0.230. The van der Waals surface area contributed by atoms with Crippen molar-refractivity contribution < 1.29 is 29.1 Å². The number of benzene rings is 2. The first-order valence-electron chi connectivity index (χ1n) is 7.73. The van der Waals surface area contributed by atoms with Gasteiger partial charge >= 0.3 is 0 Å². The summed E-state index contributed by atoms with van der Waals surface area (Å²) in [6, 6.07) is 11.7. The monoisotopic (exact) mass is 380 g/mol. The molecule has 0 aliphatic carbocycles. The highest BCUT2D eigenvalue weighted by molar-refractivity contribution is 7.82. The van der Waals surface area contributed by atoms with Crippen molar-refractivity contribution in [3.63, 3.8) is 0 Å². The van der Waals surface area contributed by atoms with E-state index in [1.807, 2.05) is 6.07 Å². The molecule has 0 saturated carbocycles. The van der Waals surface area contributed by atoms with Gasteiger partial charge in [0.2, 0.25) is 0 Å². The smallest absolute Gasteiger partial charge is 0.275 e. The maximum atomic E-state index is 11.9. The summed E-state index contributed by atoms with van der Waals surface area (Å²) in [5.74, 6) is -2.06. The Morgan fingerprint density at radius 1 is 1.19 bits per heavy atom. The van der Waals surface area contributed by atoms with E-state index in [1.165, 1.54) is 12.1 Å². The van der Waals surface area contributed by atoms with Crippen LogP contribution in [0.25, 0.3) is 0 Å². The number of aliphatic hydroxyl groups is 3. The summed E-state index contributed by atoms with van der Waals surface area (Å²) >= 11 is 0. The average molecular weight is 380 g/mol. The first-order valence-corrected chi connectivity index (χ1v) is 8.95. The number of carbonyl (C=O) groups is 1. The van der Waals surface area contributed by atoms with Gasteiger partial charge in [0.05, 0.1) is 10.6 Å². The Hall–Kier alpha value is -2.30. The summed E-state index contributed by atoms with van der Waals surface area (Å²) in [4.78, 5) is 11.3. The predicted octanol–water partition coefficient (Wildman–Crippen LogP) is 1.10. The van der Waals surface area contributed by atoms with Crippen molar-refractivity contribution in [1.29, 1.82) is 0 Å². The van der Waals surface area contributed by atoms with E-state index in [0.29, 0.717) is 17.7 Å². The van der Waals surface area contributed by atoms with Crippen LogP contribution >= 0.6 is 0 Å². The molecule has 1 atom stereocenters. The van der Waals surface area contributed by atoms with E-state index in [2.05, 4.69) is 5.32 Å². The molecule has 1 unspecified atom stereocenters. The first-order chi connectivity index (χ1) is 12.3. The summed E-state index contributed by atoms with van der Waals surface area (Å²) in [5, 5.41) is 35.2. The SMILES string of the molecule is NS(=O)c1cc(C=O)cc(NCCCC(O)(O)O)c1Oc1ccccc1. The van der Waals surface area contributed by atoms with Crippen molar-refractivity contribution in [2.24, 2.45) is 5.14 Å². The van der Waals surface area contributed by atoms with E-state index >= 15 is 0 Å². The molecule has 0 aliphatic heterocycles. The van der Waals surface area contributed by atoms with Gasteiger partial charge in [-0.3, -0.25) is 4.79 Å². The van der Waals surface area contributed by atoms with Gasteiger partial charge in [-0.2, -0.15) is 0 Å². The van der Waals surface area contributed by atoms with Crippen molar-refractivity contribution >= 4 is 23.0 Å². The topological polar surface area (TPSA) is 142 Å². The minimum atomic E-state index is -2.75. The molecule has 26 heavy (non-hydrogen) atoms. The summed E-state index contributed by atoms with van der Waals surface area (Å²) < 4.78 is 17.7. The van der Waals surface area contributed by atoms with Crippen LogP contribution in [0.1, 0.15) is 23.2 Å². The molecular formula is C17H20N2O6S. The van der Waals surface area contributed by atoms with Gasteiger partial charge in [-0.1, -0.05) is 18.2 Å². The van der Waals surface area contributed by atoms with Crippen molar-refractivity contribution in [1.82, 2.24) is 0 Å². The fraction of sp³-hybridized carbons (Fsp3) is 0.235. The maximum absolute atomic E-state index is 11.9. The highest BCUT2D eigenvalue weighted by atomic mass is 32.2. The van der Waals surface area contributed by atoms with Crippen LogP contribution in [-0.4, -0.2) is 38.3 Å². The quantitative estimate of drug-likeness (QED) is 0.249. The third-order valence-electron chi connectivity index (χ3n) is 3.40. The van der Waals surface area contributed by atoms with Crippen LogP contribution in [0.5, 0.6) is 11.5 Å². The standard InChI is InChI=1S/C17H20N2O6S/c18-26(24)15-10-12(11-20)9-14(19-8-4-7-17(21,22)23)16(15)25-13-5-2-1-3-6-13/h1-3,5-6,9-11,19,21-23H,4,7-8,18H2. The summed E-state index contributed by atoms with van der Waals surface area (Å²) in [7, 11) is -1.90. The van der Waals surface area contributed by atoms with Crippen LogP contribution in [0.2, 0.25) is 0 Å². The lowest BCUT2D eigenvalue weighted by atomic mass is 10.2. The van der Waals surface area contributed by atoms with Crippen LogP contribution in [0.3, 0.4) is 0 Å². The number of nitrogens with one attached hydrogen (secondary N) is 1. The number of para-hydroxylation sites is 1. The Balaban J connectivity index is 2.31. The number of carbonyl (C=O) groups excluding carboxylic acids is 1. The number of rotatable bonds is 9. The summed E-state index contributed by atoms with van der Waals surface area (Å²) in [6.07, 6.45) is 0.520. The van der Waals surface area contributed by atoms with Gasteiger partial charge in [0, 0.05) is 18.5 Å². The van der Waals surface area contributed by atoms with Gasteiger partial charge in [0.15, 0.2) is 5.75 Å². The van der Waals surface area contributed by atoms with E-state index in [4.69, 9.17) is 25.2 Å². The number of anilines is 1. The first kappa shape index (κ1) is 20.0. The number of ether oxygens (including phenoxy) is 1. The third-order valence-corrected chi connectivity index (χ3v) is 4.13. The Morgan fingerprint density at radius 2 is 1.88 bits per heavy atom. The number of hydrogen-bond acceptors (Lipinski definition) is 7. The van der Waals surface area contributed by atoms with Crippen LogP contribution < -0.4 is 15.2 Å². The van der Waals surface area contributed by atoms with E-state index in [1.54, 1.807) is 24.3 Å². The molecule has 0 saturated heterocycles. The molecule has 0 fully saturated rings. The van der Waals surface area contributed by atoms with Crippen molar-refractivity contribution in [2.45, 2.75) is 23.7 Å². The van der Waals surface area contributed by atoms with E-state index < -0.39 is 17.0 Å². The molecule has 0 heterocycles. The predicted molar refractivity (Wildman–Crippen MR) is 96.1 cm³/mol. The van der Waals surface area contributed by atoms with Crippen LogP contribution in [0, 0.1) is 0 Å². The Bertz CT molecular complexity index is 777. The number of aldehydes is 1. The molecule has 9 heteroatoms. The molecule has 0 radical (unpaired) electrons. The molecule has 0 bridgehead atoms. The number of hydrogen-bond donors (Lipinski definition) is 5. The molecular weight excluding hydrogens is 360 g/mol. The van der Waals surface area contributed by atoms with Crippen LogP contribution in [0.15, 0.2) is 47.4 Å². The lowest BCUT2D eigenvalue weighted by molar-refractivity contribution is -0.314. The molecule has 0 aromatic heterocycles. The zero-order chi connectivity index (χ0) is 19.2. The van der Waals surface area contributed by atoms with Gasteiger partial charge in [0.25, 0.3) is 5.97 Å². The summed E-state index contributed by atoms with van der Waals surface area (Å²) in [5.41, 5.74) is 0.620. The maximum Gasteiger partial charge on any atom is 0.275 e. The van der Waals surface area contributed by atoms with Crippen LogP contribution in [-0.2, 0) is 11.0 Å². The Labute approximate surface area is 152 Å². The van der Waals surface area contributed by atoms with Crippen molar-refractivity contribution in [3.05, 3.63) is 48.0 Å². The second-order valence-corrected chi connectivity index (χ2v) is 6.57. The second kappa shape index (κ2) is 8.88. The lowest BCUT2D eigenvalue weighted by Gasteiger charge is -2.18. The molecule has 0 amide bonds. The molecule has 2 aromatic rings. The van der Waals surface area contributed by atoms with E-state index in [-0.39, 0.29) is 35.6 Å².